The largest absolute Gasteiger partial charge is 0.284 e. The number of nitrogens with zero attached hydrogens (tertiary/aromatic N) is 1. The van der Waals surface area contributed by atoms with E-state index in [4.69, 9.17) is 11.6 Å². The number of hydrogen-bond acceptors (Lipinski definition) is 2. The van der Waals surface area contributed by atoms with Gasteiger partial charge in [0.15, 0.2) is 9.84 Å². The van der Waals surface area contributed by atoms with Crippen LogP contribution in [0.1, 0.15) is 26.2 Å². The molecule has 0 aromatic heterocycles. The van der Waals surface area contributed by atoms with E-state index < -0.39 is 15.1 Å². The minimum atomic E-state index is -3.14. The van der Waals surface area contributed by atoms with Crippen LogP contribution in [0.4, 0.5) is 5.69 Å². The lowest BCUT2D eigenvalue weighted by Gasteiger charge is -2.16. The maximum absolute atomic E-state index is 12.1. The lowest BCUT2D eigenvalue weighted by Crippen LogP contribution is -2.31. The zero-order valence-corrected chi connectivity index (χ0v) is 12.8. The Labute approximate surface area is 121 Å². The third-order valence-electron chi connectivity index (χ3n) is 2.98. The van der Waals surface area contributed by atoms with Crippen LogP contribution < -0.4 is 5.32 Å². The molecule has 0 fully saturated rings. The van der Waals surface area contributed by atoms with Crippen molar-refractivity contribution in [2.24, 2.45) is 0 Å². The Bertz CT molecular complexity index is 448. The molecule has 0 N–H and O–H groups in total. The van der Waals surface area contributed by atoms with Gasteiger partial charge in [-0.25, -0.2) is 8.42 Å². The monoisotopic (exact) mass is 302 g/mol. The third kappa shape index (κ3) is 5.83. The van der Waals surface area contributed by atoms with Crippen LogP contribution in [0.5, 0.6) is 0 Å². The Morgan fingerprint density at radius 2 is 1.95 bits per heavy atom. The van der Waals surface area contributed by atoms with Crippen LogP contribution in [0.25, 0.3) is 0 Å². The summed E-state index contributed by atoms with van der Waals surface area (Å²) in [6.07, 6.45) is 2.54. The van der Waals surface area contributed by atoms with E-state index in [1.807, 2.05) is 30.3 Å². The third-order valence-corrected chi connectivity index (χ3v) is 5.57. The van der Waals surface area contributed by atoms with E-state index in [9.17, 15) is 8.42 Å². The minimum absolute atomic E-state index is 0.0350. The SMILES string of the molecule is CCCCC(C[N]c1ccccc1)S(=O)(=O)CCCl. The topological polar surface area (TPSA) is 48.2 Å². The van der Waals surface area contributed by atoms with Gasteiger partial charge in [0.1, 0.15) is 0 Å². The Kier molecular flexibility index (Phi) is 7.24. The Morgan fingerprint density at radius 1 is 1.26 bits per heavy atom. The van der Waals surface area contributed by atoms with Crippen LogP contribution in [0, 0.1) is 0 Å². The van der Waals surface area contributed by atoms with Crippen molar-refractivity contribution in [2.75, 3.05) is 18.2 Å². The fourth-order valence-electron chi connectivity index (χ4n) is 1.83. The summed E-state index contributed by atoms with van der Waals surface area (Å²) in [6.45, 7) is 2.38. The van der Waals surface area contributed by atoms with Gasteiger partial charge in [-0.3, -0.25) is 5.32 Å². The molecule has 0 spiro atoms. The molecule has 1 unspecified atom stereocenters. The molecule has 0 amide bonds. The van der Waals surface area contributed by atoms with E-state index >= 15 is 0 Å². The van der Waals surface area contributed by atoms with Gasteiger partial charge >= 0.3 is 0 Å². The van der Waals surface area contributed by atoms with E-state index in [1.54, 1.807) is 0 Å². The molecule has 0 aliphatic carbocycles. The van der Waals surface area contributed by atoms with Crippen LogP contribution in [-0.2, 0) is 9.84 Å². The highest BCUT2D eigenvalue weighted by Gasteiger charge is 2.24. The van der Waals surface area contributed by atoms with E-state index in [2.05, 4.69) is 12.2 Å². The van der Waals surface area contributed by atoms with E-state index in [1.165, 1.54) is 0 Å². The number of sulfone groups is 1. The van der Waals surface area contributed by atoms with Crippen molar-refractivity contribution in [2.45, 2.75) is 31.4 Å². The molecule has 0 saturated heterocycles. The minimum Gasteiger partial charge on any atom is -0.284 e. The average molecular weight is 303 g/mol. The van der Waals surface area contributed by atoms with Crippen LogP contribution >= 0.6 is 11.6 Å². The summed E-state index contributed by atoms with van der Waals surface area (Å²) in [6, 6.07) is 9.47. The molecule has 5 heteroatoms. The van der Waals surface area contributed by atoms with Gasteiger partial charge in [-0.05, 0) is 18.6 Å². The number of halogens is 1. The molecule has 0 aliphatic heterocycles. The first-order valence-corrected chi connectivity index (χ1v) is 8.85. The molecule has 0 heterocycles. The molecule has 19 heavy (non-hydrogen) atoms. The van der Waals surface area contributed by atoms with Gasteiger partial charge in [0.2, 0.25) is 0 Å². The molecule has 0 saturated carbocycles. The highest BCUT2D eigenvalue weighted by atomic mass is 35.5. The van der Waals surface area contributed by atoms with Crippen molar-refractivity contribution in [3.05, 3.63) is 30.3 Å². The first-order valence-electron chi connectivity index (χ1n) is 6.60. The highest BCUT2D eigenvalue weighted by molar-refractivity contribution is 7.92. The highest BCUT2D eigenvalue weighted by Crippen LogP contribution is 2.14. The summed E-state index contributed by atoms with van der Waals surface area (Å²) >= 11 is 5.57. The Morgan fingerprint density at radius 3 is 2.53 bits per heavy atom. The Hall–Kier alpha value is -0.740. The summed E-state index contributed by atoms with van der Waals surface area (Å²) in [4.78, 5) is 0. The van der Waals surface area contributed by atoms with Crippen LogP contribution in [0.3, 0.4) is 0 Å². The zero-order chi connectivity index (χ0) is 14.1. The van der Waals surface area contributed by atoms with Gasteiger partial charge in [0.25, 0.3) is 0 Å². The maximum Gasteiger partial charge on any atom is 0.156 e. The van der Waals surface area contributed by atoms with Crippen molar-refractivity contribution in [1.82, 2.24) is 5.32 Å². The first-order chi connectivity index (χ1) is 9.10. The second-order valence-corrected chi connectivity index (χ2v) is 7.28. The van der Waals surface area contributed by atoms with Crippen LogP contribution in [0.2, 0.25) is 0 Å². The van der Waals surface area contributed by atoms with Crippen molar-refractivity contribution >= 4 is 27.1 Å². The summed E-state index contributed by atoms with van der Waals surface area (Å²) in [5.74, 6) is 0.184. The molecule has 107 valence electrons. The number of alkyl halides is 1. The summed E-state index contributed by atoms with van der Waals surface area (Å²) in [7, 11) is -3.14. The predicted molar refractivity (Wildman–Crippen MR) is 80.9 cm³/mol. The molecule has 1 aromatic carbocycles. The normalized spacial score (nSPS) is 13.2. The summed E-state index contributed by atoms with van der Waals surface area (Å²) < 4.78 is 24.2. The van der Waals surface area contributed by atoms with Crippen molar-refractivity contribution < 1.29 is 8.42 Å². The van der Waals surface area contributed by atoms with Gasteiger partial charge < -0.3 is 0 Å². The van der Waals surface area contributed by atoms with Gasteiger partial charge in [-0.15, -0.1) is 11.6 Å². The fraction of sp³-hybridized carbons (Fsp3) is 0.571. The van der Waals surface area contributed by atoms with Gasteiger partial charge in [0.05, 0.1) is 23.2 Å². The summed E-state index contributed by atoms with van der Waals surface area (Å²) in [5, 5.41) is 3.98. The zero-order valence-electron chi connectivity index (χ0n) is 11.3. The van der Waals surface area contributed by atoms with E-state index in [0.717, 1.165) is 18.5 Å². The molecule has 0 bridgehead atoms. The van der Waals surface area contributed by atoms with Crippen molar-refractivity contribution in [1.29, 1.82) is 0 Å². The molecular weight excluding hydrogens is 282 g/mol. The average Bonchev–Trinajstić information content (AvgIpc) is 2.39. The van der Waals surface area contributed by atoms with Crippen LogP contribution in [0.15, 0.2) is 30.3 Å². The number of unbranched alkanes of at least 4 members (excludes halogenated alkanes) is 1. The molecule has 1 rings (SSSR count). The van der Waals surface area contributed by atoms with Gasteiger partial charge in [-0.2, -0.15) is 0 Å². The number of hydrogen-bond donors (Lipinski definition) is 0. The Balaban J connectivity index is 2.64. The van der Waals surface area contributed by atoms with E-state index in [0.29, 0.717) is 13.0 Å². The number of rotatable bonds is 9. The molecule has 1 aromatic rings. The lowest BCUT2D eigenvalue weighted by molar-refractivity contribution is 0.557. The number of para-hydroxylation sites is 1. The number of benzene rings is 1. The van der Waals surface area contributed by atoms with Crippen molar-refractivity contribution in [3.8, 4) is 0 Å². The fourth-order valence-corrected chi connectivity index (χ4v) is 3.85. The second kappa shape index (κ2) is 8.43. The molecule has 3 nitrogen and oxygen atoms in total. The second-order valence-electron chi connectivity index (χ2n) is 4.50. The summed E-state index contributed by atoms with van der Waals surface area (Å²) in [5.41, 5.74) is 0.824. The maximum atomic E-state index is 12.1. The standard InChI is InChI=1S/C14H21ClNO2S/c1-2-3-9-14(19(17,18)11-10-15)12-16-13-7-5-4-6-8-13/h4-8,14H,2-3,9-12H2,1H3. The predicted octanol–water partition coefficient (Wildman–Crippen LogP) is 3.13. The van der Waals surface area contributed by atoms with E-state index in [-0.39, 0.29) is 11.6 Å². The van der Waals surface area contributed by atoms with Crippen LogP contribution in [-0.4, -0.2) is 31.8 Å². The smallest absolute Gasteiger partial charge is 0.156 e. The van der Waals surface area contributed by atoms with Crippen molar-refractivity contribution in [3.63, 3.8) is 0 Å². The molecule has 1 radical (unpaired) electrons. The van der Waals surface area contributed by atoms with Gasteiger partial charge in [0, 0.05) is 5.88 Å². The lowest BCUT2D eigenvalue weighted by atomic mass is 10.2. The van der Waals surface area contributed by atoms with Gasteiger partial charge in [-0.1, -0.05) is 38.0 Å². The molecular formula is C14H21ClNO2S. The molecule has 0 aliphatic rings. The molecule has 1 atom stereocenters. The quantitative estimate of drug-likeness (QED) is 0.658. The first kappa shape index (κ1) is 16.3.